The average molecular weight is 434 g/mol. The molecule has 2 atom stereocenters. The molecule has 2 unspecified atom stereocenters. The van der Waals surface area contributed by atoms with Crippen LogP contribution in [0.25, 0.3) is 0 Å². The van der Waals surface area contributed by atoms with Gasteiger partial charge in [-0.25, -0.2) is 0 Å². The van der Waals surface area contributed by atoms with Crippen molar-refractivity contribution in [3.63, 3.8) is 0 Å². The Hall–Kier alpha value is -2.03. The Labute approximate surface area is 186 Å². The van der Waals surface area contributed by atoms with Crippen molar-refractivity contribution in [2.45, 2.75) is 25.9 Å². The fourth-order valence-corrected chi connectivity index (χ4v) is 4.16. The molecule has 0 amide bonds. The number of methoxy groups -OCH3 is 1. The molecule has 2 aliphatic heterocycles. The topological polar surface area (TPSA) is 81.6 Å². The number of benzene rings is 1. The first kappa shape index (κ1) is 23.6. The molecule has 0 spiro atoms. The van der Waals surface area contributed by atoms with Gasteiger partial charge in [0.25, 0.3) is 0 Å². The molecular formula is C23H39N5O3. The normalized spacial score (nSPS) is 22.3. The number of nitrogens with zero attached hydrogens (tertiary/aromatic N) is 3. The number of hydrogen-bond donors (Lipinski definition) is 3. The quantitative estimate of drug-likeness (QED) is 0.398. The Bertz CT molecular complexity index is 706. The molecule has 3 rings (SSSR count). The van der Waals surface area contributed by atoms with E-state index in [0.29, 0.717) is 19.0 Å². The van der Waals surface area contributed by atoms with Gasteiger partial charge in [0, 0.05) is 57.6 Å². The van der Waals surface area contributed by atoms with E-state index in [1.54, 1.807) is 7.11 Å². The van der Waals surface area contributed by atoms with Crippen molar-refractivity contribution in [1.29, 1.82) is 0 Å². The van der Waals surface area contributed by atoms with Crippen molar-refractivity contribution in [3.05, 3.63) is 24.3 Å². The molecule has 1 aromatic carbocycles. The van der Waals surface area contributed by atoms with Crippen LogP contribution in [0, 0.1) is 5.92 Å². The van der Waals surface area contributed by atoms with E-state index in [0.717, 1.165) is 70.6 Å². The van der Waals surface area contributed by atoms with Gasteiger partial charge in [-0.05, 0) is 38.3 Å². The third kappa shape index (κ3) is 7.55. The van der Waals surface area contributed by atoms with Gasteiger partial charge in [-0.1, -0.05) is 6.07 Å². The summed E-state index contributed by atoms with van der Waals surface area (Å²) in [5, 5.41) is 17.6. The Kier molecular flexibility index (Phi) is 8.80. The number of β-amino-alcohol motifs (C(OH)–C–C–N with tert-alkyl or cyclic N) is 1. The number of rotatable bonds is 9. The molecular weight excluding hydrogens is 394 g/mol. The van der Waals surface area contributed by atoms with E-state index in [4.69, 9.17) is 9.47 Å². The Morgan fingerprint density at radius 1 is 1.29 bits per heavy atom. The molecule has 8 nitrogen and oxygen atoms in total. The largest absolute Gasteiger partial charge is 0.497 e. The highest BCUT2D eigenvalue weighted by atomic mass is 16.5. The molecule has 2 aliphatic rings. The van der Waals surface area contributed by atoms with E-state index in [2.05, 4.69) is 44.5 Å². The second-order valence-corrected chi connectivity index (χ2v) is 8.76. The highest BCUT2D eigenvalue weighted by Gasteiger charge is 2.26. The van der Waals surface area contributed by atoms with Crippen LogP contribution in [0.15, 0.2) is 29.3 Å². The summed E-state index contributed by atoms with van der Waals surface area (Å²) >= 11 is 0. The first-order chi connectivity index (χ1) is 15.0. The predicted octanol–water partition coefficient (Wildman–Crippen LogP) is 1.16. The standard InChI is InChI=1S/C23H39N5O3/c1-4-24-22(26-17-23(2,29)18-27-10-12-31-13-11-27)25-15-19-8-9-28(16-19)20-6-5-7-21(14-20)30-3/h5-7,14,19,29H,4,8-13,15-18H2,1-3H3,(H2,24,25,26). The highest BCUT2D eigenvalue weighted by molar-refractivity contribution is 5.79. The minimum absolute atomic E-state index is 0.361. The van der Waals surface area contributed by atoms with Crippen molar-refractivity contribution in [3.8, 4) is 5.75 Å². The van der Waals surface area contributed by atoms with Gasteiger partial charge in [-0.2, -0.15) is 0 Å². The van der Waals surface area contributed by atoms with Crippen LogP contribution in [0.3, 0.4) is 0 Å². The summed E-state index contributed by atoms with van der Waals surface area (Å²) in [4.78, 5) is 9.32. The number of anilines is 1. The summed E-state index contributed by atoms with van der Waals surface area (Å²) in [6.07, 6.45) is 1.14. The van der Waals surface area contributed by atoms with Crippen LogP contribution in [0.1, 0.15) is 20.3 Å². The molecule has 2 saturated heterocycles. The molecule has 3 N–H and O–H groups in total. The maximum atomic E-state index is 10.8. The van der Waals surface area contributed by atoms with E-state index in [1.165, 1.54) is 5.69 Å². The highest BCUT2D eigenvalue weighted by Crippen LogP contribution is 2.26. The summed E-state index contributed by atoms with van der Waals surface area (Å²) in [5.74, 6) is 2.21. The lowest BCUT2D eigenvalue weighted by atomic mass is 10.1. The zero-order chi connectivity index (χ0) is 22.1. The first-order valence-electron chi connectivity index (χ1n) is 11.4. The van der Waals surface area contributed by atoms with E-state index in [1.807, 2.05) is 19.1 Å². The van der Waals surface area contributed by atoms with Gasteiger partial charge >= 0.3 is 0 Å². The second-order valence-electron chi connectivity index (χ2n) is 8.76. The summed E-state index contributed by atoms with van der Waals surface area (Å²) in [6, 6.07) is 8.25. The number of hydrogen-bond acceptors (Lipinski definition) is 6. The summed E-state index contributed by atoms with van der Waals surface area (Å²) in [5.41, 5.74) is 0.345. The molecule has 2 heterocycles. The van der Waals surface area contributed by atoms with E-state index >= 15 is 0 Å². The summed E-state index contributed by atoms with van der Waals surface area (Å²) < 4.78 is 10.7. The SMILES string of the molecule is CCNC(=NCC(C)(O)CN1CCOCC1)NCC1CCN(c2cccc(OC)c2)C1. The molecule has 0 bridgehead atoms. The van der Waals surface area contributed by atoms with Gasteiger partial charge in [-0.3, -0.25) is 9.89 Å². The molecule has 0 saturated carbocycles. The molecule has 31 heavy (non-hydrogen) atoms. The molecule has 174 valence electrons. The number of morpholine rings is 1. The minimum atomic E-state index is -0.865. The fourth-order valence-electron chi connectivity index (χ4n) is 4.16. The van der Waals surface area contributed by atoms with E-state index < -0.39 is 5.60 Å². The number of nitrogens with one attached hydrogen (secondary N) is 2. The third-order valence-corrected chi connectivity index (χ3v) is 5.85. The second kappa shape index (κ2) is 11.5. The fraction of sp³-hybridized carbons (Fsp3) is 0.696. The molecule has 2 fully saturated rings. The Morgan fingerprint density at radius 3 is 2.84 bits per heavy atom. The molecule has 8 heteroatoms. The number of ether oxygens (including phenoxy) is 2. The maximum Gasteiger partial charge on any atom is 0.191 e. The van der Waals surface area contributed by atoms with Crippen LogP contribution in [0.2, 0.25) is 0 Å². The van der Waals surface area contributed by atoms with Crippen molar-refractivity contribution in [2.24, 2.45) is 10.9 Å². The first-order valence-corrected chi connectivity index (χ1v) is 11.4. The van der Waals surface area contributed by atoms with Gasteiger partial charge < -0.3 is 30.1 Å². The third-order valence-electron chi connectivity index (χ3n) is 5.85. The van der Waals surface area contributed by atoms with Crippen LogP contribution in [0.4, 0.5) is 5.69 Å². The Morgan fingerprint density at radius 2 is 2.10 bits per heavy atom. The van der Waals surface area contributed by atoms with Gasteiger partial charge in [0.2, 0.25) is 0 Å². The lowest BCUT2D eigenvalue weighted by molar-refractivity contribution is -0.0180. The molecule has 0 aliphatic carbocycles. The van der Waals surface area contributed by atoms with E-state index in [9.17, 15) is 5.11 Å². The van der Waals surface area contributed by atoms with Crippen LogP contribution in [0.5, 0.6) is 5.75 Å². The molecule has 0 aromatic heterocycles. The van der Waals surface area contributed by atoms with E-state index in [-0.39, 0.29) is 0 Å². The van der Waals surface area contributed by atoms with Crippen LogP contribution < -0.4 is 20.3 Å². The lowest BCUT2D eigenvalue weighted by Crippen LogP contribution is -2.48. The van der Waals surface area contributed by atoms with Crippen molar-refractivity contribution in [2.75, 3.05) is 77.6 Å². The van der Waals surface area contributed by atoms with Crippen LogP contribution >= 0.6 is 0 Å². The van der Waals surface area contributed by atoms with Gasteiger partial charge in [0.1, 0.15) is 5.75 Å². The van der Waals surface area contributed by atoms with Gasteiger partial charge in [0.15, 0.2) is 5.96 Å². The average Bonchev–Trinajstić information content (AvgIpc) is 3.25. The van der Waals surface area contributed by atoms with Gasteiger partial charge in [-0.15, -0.1) is 0 Å². The van der Waals surface area contributed by atoms with Crippen LogP contribution in [-0.4, -0.2) is 94.2 Å². The van der Waals surface area contributed by atoms with Crippen molar-refractivity contribution >= 4 is 11.6 Å². The van der Waals surface area contributed by atoms with Crippen molar-refractivity contribution < 1.29 is 14.6 Å². The summed E-state index contributed by atoms with van der Waals surface area (Å²) in [6.45, 7) is 11.8. The van der Waals surface area contributed by atoms with Crippen LogP contribution in [-0.2, 0) is 4.74 Å². The molecule has 1 aromatic rings. The summed E-state index contributed by atoms with van der Waals surface area (Å²) in [7, 11) is 1.70. The Balaban J connectivity index is 1.48. The number of aliphatic imine (C=N–C) groups is 1. The maximum absolute atomic E-state index is 10.8. The number of guanidine groups is 1. The zero-order valence-corrected chi connectivity index (χ0v) is 19.3. The van der Waals surface area contributed by atoms with Crippen molar-refractivity contribution in [1.82, 2.24) is 15.5 Å². The lowest BCUT2D eigenvalue weighted by Gasteiger charge is -2.33. The smallest absolute Gasteiger partial charge is 0.191 e. The monoisotopic (exact) mass is 433 g/mol. The molecule has 0 radical (unpaired) electrons. The van der Waals surface area contributed by atoms with Gasteiger partial charge in [0.05, 0.1) is 32.5 Å². The minimum Gasteiger partial charge on any atom is -0.497 e. The number of aliphatic hydroxyl groups is 1. The zero-order valence-electron chi connectivity index (χ0n) is 19.3. The predicted molar refractivity (Wildman–Crippen MR) is 125 cm³/mol.